The highest BCUT2D eigenvalue weighted by Gasteiger charge is 2.02. The molecule has 0 spiro atoms. The van der Waals surface area contributed by atoms with E-state index in [9.17, 15) is 0 Å². The number of benzene rings is 2. The van der Waals surface area contributed by atoms with E-state index in [0.29, 0.717) is 17.1 Å². The van der Waals surface area contributed by atoms with Crippen molar-refractivity contribution < 1.29 is 5.11 Å². The molecule has 0 bridgehead atoms. The van der Waals surface area contributed by atoms with Gasteiger partial charge in [0.2, 0.25) is 0 Å². The SMILES string of the molecule is N#Cc1ccc(Cl)cc1NCCc1ccc(CO)cc1. The van der Waals surface area contributed by atoms with Gasteiger partial charge >= 0.3 is 0 Å². The fourth-order valence-corrected chi connectivity index (χ4v) is 2.09. The predicted molar refractivity (Wildman–Crippen MR) is 80.7 cm³/mol. The Morgan fingerprint density at radius 1 is 1.10 bits per heavy atom. The topological polar surface area (TPSA) is 56.0 Å². The Morgan fingerprint density at radius 2 is 1.80 bits per heavy atom. The zero-order chi connectivity index (χ0) is 14.4. The summed E-state index contributed by atoms with van der Waals surface area (Å²) in [5.74, 6) is 0. The Hall–Kier alpha value is -2.02. The first-order chi connectivity index (χ1) is 9.72. The normalized spacial score (nSPS) is 10.1. The number of aliphatic hydroxyl groups excluding tert-OH is 1. The van der Waals surface area contributed by atoms with E-state index in [1.165, 1.54) is 5.56 Å². The maximum absolute atomic E-state index is 9.03. The van der Waals surface area contributed by atoms with Gasteiger partial charge in [0, 0.05) is 11.6 Å². The second-order valence-corrected chi connectivity index (χ2v) is 4.89. The van der Waals surface area contributed by atoms with Gasteiger partial charge in [-0.1, -0.05) is 35.9 Å². The van der Waals surface area contributed by atoms with Crippen LogP contribution in [-0.4, -0.2) is 11.7 Å². The van der Waals surface area contributed by atoms with Gasteiger partial charge in [0.15, 0.2) is 0 Å². The molecule has 2 rings (SSSR count). The van der Waals surface area contributed by atoms with E-state index >= 15 is 0 Å². The largest absolute Gasteiger partial charge is 0.392 e. The van der Waals surface area contributed by atoms with Crippen molar-refractivity contribution in [3.63, 3.8) is 0 Å². The summed E-state index contributed by atoms with van der Waals surface area (Å²) in [7, 11) is 0. The molecule has 20 heavy (non-hydrogen) atoms. The predicted octanol–water partition coefficient (Wildman–Crippen LogP) is 3.36. The van der Waals surface area contributed by atoms with Crippen LogP contribution in [0.15, 0.2) is 42.5 Å². The van der Waals surface area contributed by atoms with Gasteiger partial charge in [0.25, 0.3) is 0 Å². The number of hydrogen-bond acceptors (Lipinski definition) is 3. The Bertz CT molecular complexity index is 617. The maximum Gasteiger partial charge on any atom is 0.101 e. The highest BCUT2D eigenvalue weighted by Crippen LogP contribution is 2.20. The van der Waals surface area contributed by atoms with E-state index in [0.717, 1.165) is 17.7 Å². The lowest BCUT2D eigenvalue weighted by Gasteiger charge is -2.09. The molecule has 0 aliphatic carbocycles. The number of aliphatic hydroxyl groups is 1. The minimum atomic E-state index is 0.0621. The third-order valence-corrected chi connectivity index (χ3v) is 3.27. The lowest BCUT2D eigenvalue weighted by atomic mass is 10.1. The molecule has 2 aromatic rings. The van der Waals surface area contributed by atoms with Gasteiger partial charge in [0.1, 0.15) is 6.07 Å². The second kappa shape index (κ2) is 6.95. The van der Waals surface area contributed by atoms with Crippen LogP contribution < -0.4 is 5.32 Å². The van der Waals surface area contributed by atoms with Crippen molar-refractivity contribution in [1.82, 2.24) is 0 Å². The number of nitrogens with zero attached hydrogens (tertiary/aromatic N) is 1. The fourth-order valence-electron chi connectivity index (χ4n) is 1.91. The standard InChI is InChI=1S/C16H15ClN2O/c17-15-6-5-14(10-18)16(9-15)19-8-7-12-1-3-13(11-20)4-2-12/h1-6,9,19-20H,7-8,11H2. The van der Waals surface area contributed by atoms with E-state index in [4.69, 9.17) is 22.0 Å². The van der Waals surface area contributed by atoms with Crippen LogP contribution in [0.2, 0.25) is 5.02 Å². The van der Waals surface area contributed by atoms with Crippen LogP contribution in [0.25, 0.3) is 0 Å². The van der Waals surface area contributed by atoms with Crippen LogP contribution in [0.4, 0.5) is 5.69 Å². The lowest BCUT2D eigenvalue weighted by molar-refractivity contribution is 0.282. The molecular weight excluding hydrogens is 272 g/mol. The molecule has 0 radical (unpaired) electrons. The fraction of sp³-hybridized carbons (Fsp3) is 0.188. The smallest absolute Gasteiger partial charge is 0.101 e. The molecule has 0 saturated carbocycles. The molecule has 4 heteroatoms. The van der Waals surface area contributed by atoms with E-state index < -0.39 is 0 Å². The third-order valence-electron chi connectivity index (χ3n) is 3.04. The summed E-state index contributed by atoms with van der Waals surface area (Å²) in [4.78, 5) is 0. The first-order valence-electron chi connectivity index (χ1n) is 6.35. The van der Waals surface area contributed by atoms with E-state index in [1.807, 2.05) is 24.3 Å². The van der Waals surface area contributed by atoms with Gasteiger partial charge < -0.3 is 10.4 Å². The minimum absolute atomic E-state index is 0.0621. The highest BCUT2D eigenvalue weighted by molar-refractivity contribution is 6.30. The second-order valence-electron chi connectivity index (χ2n) is 4.45. The Morgan fingerprint density at radius 3 is 2.45 bits per heavy atom. The summed E-state index contributed by atoms with van der Waals surface area (Å²) in [5, 5.41) is 21.8. The molecule has 0 fully saturated rings. The van der Waals surface area contributed by atoms with E-state index in [1.54, 1.807) is 18.2 Å². The van der Waals surface area contributed by atoms with Crippen LogP contribution in [0.5, 0.6) is 0 Å². The molecule has 0 heterocycles. The lowest BCUT2D eigenvalue weighted by Crippen LogP contribution is -2.06. The summed E-state index contributed by atoms with van der Waals surface area (Å²) in [6.45, 7) is 0.778. The molecule has 0 saturated heterocycles. The Balaban J connectivity index is 1.95. The molecule has 102 valence electrons. The molecule has 0 aliphatic heterocycles. The molecule has 0 amide bonds. The van der Waals surface area contributed by atoms with Gasteiger partial charge in [-0.3, -0.25) is 0 Å². The number of anilines is 1. The van der Waals surface area contributed by atoms with Gasteiger partial charge in [-0.25, -0.2) is 0 Å². The van der Waals surface area contributed by atoms with Gasteiger partial charge in [-0.2, -0.15) is 5.26 Å². The average molecular weight is 287 g/mol. The summed E-state index contributed by atoms with van der Waals surface area (Å²) in [6.07, 6.45) is 0.836. The van der Waals surface area contributed by atoms with Crippen molar-refractivity contribution in [2.45, 2.75) is 13.0 Å². The number of nitriles is 1. The Labute approximate surface area is 123 Å². The molecule has 3 nitrogen and oxygen atoms in total. The van der Waals surface area contributed by atoms with Crippen LogP contribution in [-0.2, 0) is 13.0 Å². The number of halogens is 1. The quantitative estimate of drug-likeness (QED) is 0.886. The number of nitrogens with one attached hydrogen (secondary N) is 1. The summed E-state index contributed by atoms with van der Waals surface area (Å²) in [5.41, 5.74) is 3.43. The number of rotatable bonds is 5. The zero-order valence-electron chi connectivity index (χ0n) is 10.9. The maximum atomic E-state index is 9.03. The first kappa shape index (κ1) is 14.4. The van der Waals surface area contributed by atoms with Crippen molar-refractivity contribution in [2.75, 3.05) is 11.9 Å². The molecular formula is C16H15ClN2O. The van der Waals surface area contributed by atoms with Gasteiger partial charge in [-0.15, -0.1) is 0 Å². The van der Waals surface area contributed by atoms with Crippen molar-refractivity contribution in [2.24, 2.45) is 0 Å². The van der Waals surface area contributed by atoms with Crippen molar-refractivity contribution in [3.8, 4) is 6.07 Å². The minimum Gasteiger partial charge on any atom is -0.392 e. The molecule has 2 N–H and O–H groups in total. The summed E-state index contributed by atoms with van der Waals surface area (Å²) >= 11 is 5.93. The van der Waals surface area contributed by atoms with Crippen molar-refractivity contribution in [1.29, 1.82) is 5.26 Å². The molecule has 0 atom stereocenters. The van der Waals surface area contributed by atoms with Crippen molar-refractivity contribution in [3.05, 3.63) is 64.2 Å². The Kier molecular flexibility index (Phi) is 5.00. The van der Waals surface area contributed by atoms with Crippen LogP contribution >= 0.6 is 11.6 Å². The number of hydrogen-bond donors (Lipinski definition) is 2. The van der Waals surface area contributed by atoms with E-state index in [2.05, 4.69) is 11.4 Å². The average Bonchev–Trinajstić information content (AvgIpc) is 2.48. The molecule has 0 aliphatic rings. The van der Waals surface area contributed by atoms with Crippen LogP contribution in [0.1, 0.15) is 16.7 Å². The van der Waals surface area contributed by atoms with E-state index in [-0.39, 0.29) is 6.61 Å². The molecule has 2 aromatic carbocycles. The first-order valence-corrected chi connectivity index (χ1v) is 6.73. The van der Waals surface area contributed by atoms with Crippen LogP contribution in [0, 0.1) is 11.3 Å². The van der Waals surface area contributed by atoms with Crippen molar-refractivity contribution >= 4 is 17.3 Å². The summed E-state index contributed by atoms with van der Waals surface area (Å²) in [6, 6.07) is 15.1. The third kappa shape index (κ3) is 3.74. The molecule has 0 unspecified atom stereocenters. The molecule has 0 aromatic heterocycles. The monoisotopic (exact) mass is 286 g/mol. The van der Waals surface area contributed by atoms with Crippen LogP contribution in [0.3, 0.4) is 0 Å². The van der Waals surface area contributed by atoms with Gasteiger partial charge in [-0.05, 0) is 35.7 Å². The highest BCUT2D eigenvalue weighted by atomic mass is 35.5. The zero-order valence-corrected chi connectivity index (χ0v) is 11.7. The summed E-state index contributed by atoms with van der Waals surface area (Å²) < 4.78 is 0. The van der Waals surface area contributed by atoms with Gasteiger partial charge in [0.05, 0.1) is 17.9 Å².